The lowest BCUT2D eigenvalue weighted by Gasteiger charge is -2.43. The Morgan fingerprint density at radius 3 is 1.62 bits per heavy atom. The summed E-state index contributed by atoms with van der Waals surface area (Å²) in [5.74, 6) is 0. The number of aromatic nitrogens is 1. The number of hydrogen-bond donors (Lipinski definition) is 0. The Balaban J connectivity index is 1.50. The quantitative estimate of drug-likeness (QED) is 0.175. The summed E-state index contributed by atoms with van der Waals surface area (Å²) in [5, 5.41) is -1.16. The molecule has 306 valence electrons. The van der Waals surface area contributed by atoms with Crippen LogP contribution in [0.2, 0.25) is 5.02 Å². The topological polar surface area (TPSA) is 11.4 Å². The summed E-state index contributed by atoms with van der Waals surface area (Å²) in [6.07, 6.45) is 2.34. The first-order valence-corrected chi connectivity index (χ1v) is 21.0. The molecule has 2 heterocycles. The second kappa shape index (κ2) is 13.0. The summed E-state index contributed by atoms with van der Waals surface area (Å²) in [6, 6.07) is -11.1. The van der Waals surface area contributed by atoms with Gasteiger partial charge in [0.2, 0.25) is 0 Å². The van der Waals surface area contributed by atoms with Crippen LogP contribution >= 0.6 is 11.6 Å². The second-order valence-electron chi connectivity index (χ2n) is 20.2. The van der Waals surface area contributed by atoms with Gasteiger partial charge in [-0.15, -0.1) is 0 Å². The van der Waals surface area contributed by atoms with Crippen LogP contribution in [0.15, 0.2) is 115 Å². The van der Waals surface area contributed by atoms with Crippen LogP contribution < -0.4 is 9.80 Å². The van der Waals surface area contributed by atoms with Gasteiger partial charge in [-0.2, -0.15) is 0 Å². The van der Waals surface area contributed by atoms with Crippen molar-refractivity contribution in [3.63, 3.8) is 0 Å². The normalized spacial score (nSPS) is 22.7. The first kappa shape index (κ1) is 23.3. The van der Waals surface area contributed by atoms with Gasteiger partial charge in [0.05, 0.1) is 70.5 Å². The molecule has 3 nitrogen and oxygen atoms in total. The Hall–Kier alpha value is -4.99. The molecule has 0 atom stereocenters. The van der Waals surface area contributed by atoms with Gasteiger partial charge in [-0.25, -0.2) is 0 Å². The third kappa shape index (κ3) is 5.82. The Labute approximate surface area is 389 Å². The zero-order valence-corrected chi connectivity index (χ0v) is 36.8. The van der Waals surface area contributed by atoms with Crippen LogP contribution in [0, 0.1) is 0 Å². The van der Waals surface area contributed by atoms with Gasteiger partial charge >= 0.3 is 0 Å². The molecule has 0 unspecified atom stereocenters. The molecule has 7 aromatic rings. The van der Waals surface area contributed by atoms with Crippen molar-refractivity contribution in [2.45, 2.75) is 129 Å². The van der Waals surface area contributed by atoms with Gasteiger partial charge in [0, 0.05) is 22.1 Å². The average molecular weight is 830 g/mol. The number of anilines is 6. The predicted molar refractivity (Wildman–Crippen MR) is 258 cm³/mol. The molecule has 0 saturated carbocycles. The predicted octanol–water partition coefficient (Wildman–Crippen LogP) is 16.7. The summed E-state index contributed by atoms with van der Waals surface area (Å²) in [4.78, 5) is 2.23. The molecule has 2 aliphatic carbocycles. The van der Waals surface area contributed by atoms with Gasteiger partial charge in [0.25, 0.3) is 0 Å². The maximum absolute atomic E-state index is 10.5. The Morgan fingerprint density at radius 1 is 0.533 bits per heavy atom. The SMILES string of the molecule is [2H]c1c([2H])c([2H])c2c(c1[2H])N(c1c([2H])c(C(C)(C)C)c([2H])c(N(c3c([2H])c([2H])c4c(c3[2H])C(C)(C)CCC4(C)C)c3c([2H])c([2H])c4c(c3[2H])C(C)(C)CCC4(C)C)c1Cl)c1c([2H])c([2H])c([2H])c3c4c([2H])c([2H])c([2H])c([2H])c4n-2c13. The molecule has 6 aromatic carbocycles. The molecule has 60 heavy (non-hydrogen) atoms. The Morgan fingerprint density at radius 2 is 1.03 bits per heavy atom. The fourth-order valence-electron chi connectivity index (χ4n) is 9.20. The van der Waals surface area contributed by atoms with Crippen molar-refractivity contribution in [2.24, 2.45) is 0 Å². The maximum atomic E-state index is 10.5. The standard InChI is InChI=1S/C56H60ClN3/c1-52(2,3)35-31-48(50(57)49(32-35)59-45-20-14-15-21-46(45)60-44-19-13-12-17-38(44)39-18-16-22-47(59)51(39)60)58(36-23-25-40-42(33-36)55(8,9)29-27-53(40,4)5)37-24-26-41-43(34-37)56(10,11)30-28-54(41,6)7/h12-26,31-34H,27-30H2,1-11H3/i12D,13D,14D,15D,16D,17D,18D,19D,20D,21D,22D,23D,24D,25D,26D,31D,32D,33D,34D. The first-order chi connectivity index (χ1) is 36.2. The van der Waals surface area contributed by atoms with E-state index in [0.29, 0.717) is 47.9 Å². The molecule has 10 rings (SSSR count). The highest BCUT2D eigenvalue weighted by Gasteiger charge is 2.40. The van der Waals surface area contributed by atoms with E-state index < -0.39 is 151 Å². The minimum absolute atomic E-state index is 0.0990. The Bertz CT molecular complexity index is 3880. The molecule has 0 bridgehead atoms. The smallest absolute Gasteiger partial charge is 0.0887 e. The minimum atomic E-state index is -1.25. The van der Waals surface area contributed by atoms with E-state index in [4.69, 9.17) is 17.1 Å². The molecule has 0 fully saturated rings. The van der Waals surface area contributed by atoms with E-state index >= 15 is 0 Å². The molecule has 0 amide bonds. The number of hydrogen-bond acceptors (Lipinski definition) is 2. The highest BCUT2D eigenvalue weighted by atomic mass is 35.5. The zero-order chi connectivity index (χ0) is 58.8. The minimum Gasteiger partial charge on any atom is -0.309 e. The lowest BCUT2D eigenvalue weighted by Crippen LogP contribution is -2.34. The van der Waals surface area contributed by atoms with E-state index in [9.17, 15) is 20.6 Å². The molecular weight excluding hydrogens is 750 g/mol. The maximum Gasteiger partial charge on any atom is 0.0887 e. The van der Waals surface area contributed by atoms with E-state index in [1.165, 1.54) is 0 Å². The molecule has 0 radical (unpaired) electrons. The molecule has 1 aliphatic heterocycles. The summed E-state index contributed by atoms with van der Waals surface area (Å²) in [7, 11) is 0. The van der Waals surface area contributed by atoms with Crippen molar-refractivity contribution < 1.29 is 26.0 Å². The zero-order valence-electron chi connectivity index (χ0n) is 55.0. The number of benzene rings is 6. The molecule has 4 heteroatoms. The van der Waals surface area contributed by atoms with E-state index in [0.717, 1.165) is 14.4 Å². The lowest BCUT2D eigenvalue weighted by atomic mass is 9.63. The van der Waals surface area contributed by atoms with Crippen LogP contribution in [-0.2, 0) is 27.1 Å². The fourth-order valence-corrected chi connectivity index (χ4v) is 9.47. The average Bonchev–Trinajstić information content (AvgIpc) is 3.86. The van der Waals surface area contributed by atoms with Crippen molar-refractivity contribution in [1.29, 1.82) is 0 Å². The number of nitrogens with zero attached hydrogens (tertiary/aromatic N) is 3. The molecule has 0 saturated heterocycles. The van der Waals surface area contributed by atoms with Gasteiger partial charge in [0.15, 0.2) is 0 Å². The van der Waals surface area contributed by atoms with Crippen LogP contribution in [0.4, 0.5) is 34.1 Å². The van der Waals surface area contributed by atoms with E-state index in [1.807, 2.05) is 55.4 Å². The van der Waals surface area contributed by atoms with Crippen LogP contribution in [0.3, 0.4) is 0 Å². The van der Waals surface area contributed by atoms with Crippen molar-refractivity contribution in [3.05, 3.63) is 148 Å². The third-order valence-electron chi connectivity index (χ3n) is 13.1. The van der Waals surface area contributed by atoms with E-state index in [2.05, 4.69) is 0 Å². The van der Waals surface area contributed by atoms with Crippen molar-refractivity contribution in [2.75, 3.05) is 9.80 Å². The van der Waals surface area contributed by atoms with Gasteiger partial charge < -0.3 is 14.4 Å². The number of rotatable bonds is 4. The summed E-state index contributed by atoms with van der Waals surface area (Å²) in [5.41, 5.74) is -6.19. The number of halogens is 1. The van der Waals surface area contributed by atoms with E-state index in [1.54, 1.807) is 20.8 Å². The molecule has 0 spiro atoms. The largest absolute Gasteiger partial charge is 0.309 e. The van der Waals surface area contributed by atoms with Gasteiger partial charge in [-0.3, -0.25) is 0 Å². The van der Waals surface area contributed by atoms with Crippen LogP contribution in [-0.4, -0.2) is 4.57 Å². The molecule has 0 N–H and O–H groups in total. The lowest BCUT2D eigenvalue weighted by molar-refractivity contribution is 0.332. The fraction of sp³-hybridized carbons (Fsp3) is 0.357. The van der Waals surface area contributed by atoms with Crippen LogP contribution in [0.5, 0.6) is 0 Å². The van der Waals surface area contributed by atoms with Crippen molar-refractivity contribution in [3.8, 4) is 5.69 Å². The van der Waals surface area contributed by atoms with Crippen molar-refractivity contribution in [1.82, 2.24) is 4.57 Å². The summed E-state index contributed by atoms with van der Waals surface area (Å²) >= 11 is 8.02. The van der Waals surface area contributed by atoms with Crippen molar-refractivity contribution >= 4 is 67.5 Å². The summed E-state index contributed by atoms with van der Waals surface area (Å²) in [6.45, 7) is 20.6. The molecule has 3 aliphatic rings. The van der Waals surface area contributed by atoms with Crippen LogP contribution in [0.25, 0.3) is 27.5 Å². The molecular formula is C56H60ClN3. The third-order valence-corrected chi connectivity index (χ3v) is 13.5. The molecule has 1 aromatic heterocycles. The summed E-state index contributed by atoms with van der Waals surface area (Å²) < 4.78 is 185. The second-order valence-corrected chi connectivity index (χ2v) is 20.6. The monoisotopic (exact) mass is 829 g/mol. The first-order valence-electron chi connectivity index (χ1n) is 30.1. The Kier molecular flexibility index (Phi) is 5.05. The van der Waals surface area contributed by atoms with E-state index in [-0.39, 0.29) is 62.9 Å². The van der Waals surface area contributed by atoms with Gasteiger partial charge in [-0.05, 0) is 141 Å². The number of fused-ring (bicyclic) bond motifs is 7. The number of para-hydroxylation sites is 4. The van der Waals surface area contributed by atoms with Crippen LogP contribution in [0.1, 0.15) is 156 Å². The van der Waals surface area contributed by atoms with Gasteiger partial charge in [-0.1, -0.05) is 142 Å². The highest BCUT2D eigenvalue weighted by Crippen LogP contribution is 2.56. The van der Waals surface area contributed by atoms with Gasteiger partial charge in [0.1, 0.15) is 0 Å². The highest BCUT2D eigenvalue weighted by molar-refractivity contribution is 6.37.